The van der Waals surface area contributed by atoms with E-state index in [1.54, 1.807) is 30.1 Å². The first-order valence-corrected chi connectivity index (χ1v) is 7.39. The highest BCUT2D eigenvalue weighted by molar-refractivity contribution is 6.32. The minimum absolute atomic E-state index is 0.0912. The molecule has 1 aliphatic rings. The third-order valence-corrected chi connectivity index (χ3v) is 4.28. The number of rotatable bonds is 3. The molecular formula is C15H16ClF2N3. The van der Waals surface area contributed by atoms with Crippen molar-refractivity contribution in [3.05, 3.63) is 35.1 Å². The number of aryl methyl sites for hydroxylation is 1. The Morgan fingerprint density at radius 1 is 1.38 bits per heavy atom. The van der Waals surface area contributed by atoms with Gasteiger partial charge >= 0.3 is 0 Å². The maximum Gasteiger partial charge on any atom is 0.217 e. The highest BCUT2D eigenvalue weighted by Crippen LogP contribution is 2.35. The molecule has 112 valence electrons. The molecule has 0 aromatic carbocycles. The largest absolute Gasteiger partial charge is 0.269 e. The molecule has 3 nitrogen and oxygen atoms in total. The van der Waals surface area contributed by atoms with Crippen LogP contribution in [0.4, 0.5) is 8.78 Å². The minimum atomic E-state index is -1.16. The summed E-state index contributed by atoms with van der Waals surface area (Å²) in [5.41, 5.74) is 0.586. The third-order valence-electron chi connectivity index (χ3n) is 3.99. The minimum Gasteiger partial charge on any atom is -0.269 e. The Bertz CT molecular complexity index is 663. The van der Waals surface area contributed by atoms with Crippen LogP contribution in [0.2, 0.25) is 5.15 Å². The maximum absolute atomic E-state index is 14.5. The van der Waals surface area contributed by atoms with Crippen molar-refractivity contribution in [3.63, 3.8) is 0 Å². The molecule has 2 aromatic heterocycles. The molecule has 1 fully saturated rings. The zero-order valence-corrected chi connectivity index (χ0v) is 12.5. The molecule has 0 bridgehead atoms. The van der Waals surface area contributed by atoms with Gasteiger partial charge in [0.1, 0.15) is 10.8 Å². The van der Waals surface area contributed by atoms with E-state index in [2.05, 4.69) is 10.1 Å². The average molecular weight is 312 g/mol. The fourth-order valence-electron chi connectivity index (χ4n) is 2.82. The second kappa shape index (κ2) is 5.37. The summed E-state index contributed by atoms with van der Waals surface area (Å²) in [5, 5.41) is 4.28. The van der Waals surface area contributed by atoms with E-state index in [0.717, 1.165) is 18.4 Å². The molecule has 1 aliphatic carbocycles. The van der Waals surface area contributed by atoms with E-state index in [4.69, 9.17) is 11.6 Å². The molecule has 0 N–H and O–H groups in total. The molecule has 6 heteroatoms. The molecule has 0 unspecified atom stereocenters. The van der Waals surface area contributed by atoms with Gasteiger partial charge in [-0.3, -0.25) is 4.68 Å². The highest BCUT2D eigenvalue weighted by atomic mass is 35.5. The number of aromatic nitrogens is 3. The number of hydrogen-bond acceptors (Lipinski definition) is 2. The van der Waals surface area contributed by atoms with Crippen LogP contribution in [0.15, 0.2) is 18.5 Å². The van der Waals surface area contributed by atoms with Gasteiger partial charge in [0, 0.05) is 22.9 Å². The topological polar surface area (TPSA) is 30.7 Å². The molecule has 1 saturated carbocycles. The van der Waals surface area contributed by atoms with Crippen LogP contribution in [0.3, 0.4) is 0 Å². The predicted molar refractivity (Wildman–Crippen MR) is 77.5 cm³/mol. The molecule has 0 atom stereocenters. The fourth-order valence-corrected chi connectivity index (χ4v) is 3.06. The van der Waals surface area contributed by atoms with E-state index in [-0.39, 0.29) is 11.7 Å². The Morgan fingerprint density at radius 2 is 2.10 bits per heavy atom. The Labute approximate surface area is 126 Å². The summed E-state index contributed by atoms with van der Waals surface area (Å²) in [4.78, 5) is 3.66. The van der Waals surface area contributed by atoms with Gasteiger partial charge in [-0.05, 0) is 25.8 Å². The van der Waals surface area contributed by atoms with Gasteiger partial charge in [-0.2, -0.15) is 9.49 Å². The molecular weight excluding hydrogens is 296 g/mol. The lowest BCUT2D eigenvalue weighted by Gasteiger charge is -2.18. The maximum atomic E-state index is 14.5. The standard InChI is InChI=1S/C15H16ClF2N3/c1-10-6-12(13(16)20-14(10)17)11-7-19-21(8-11)9-15(18)4-2-3-5-15/h6-8H,2-5,9H2,1H3. The van der Waals surface area contributed by atoms with Crippen LogP contribution in [-0.2, 0) is 6.54 Å². The second-order valence-electron chi connectivity index (χ2n) is 5.72. The van der Waals surface area contributed by atoms with Crippen LogP contribution in [0, 0.1) is 12.9 Å². The average Bonchev–Trinajstić information content (AvgIpc) is 3.04. The van der Waals surface area contributed by atoms with Gasteiger partial charge < -0.3 is 0 Å². The smallest absolute Gasteiger partial charge is 0.217 e. The lowest BCUT2D eigenvalue weighted by molar-refractivity contribution is 0.139. The van der Waals surface area contributed by atoms with Crippen molar-refractivity contribution in [2.24, 2.45) is 0 Å². The van der Waals surface area contributed by atoms with Gasteiger partial charge in [0.25, 0.3) is 0 Å². The summed E-state index contributed by atoms with van der Waals surface area (Å²) >= 11 is 5.98. The summed E-state index contributed by atoms with van der Waals surface area (Å²) in [7, 11) is 0. The summed E-state index contributed by atoms with van der Waals surface area (Å²) in [6.45, 7) is 1.87. The van der Waals surface area contributed by atoms with Crippen molar-refractivity contribution in [1.82, 2.24) is 14.8 Å². The molecule has 0 radical (unpaired) electrons. The first-order valence-electron chi connectivity index (χ1n) is 7.01. The summed E-state index contributed by atoms with van der Waals surface area (Å²) in [6.07, 6.45) is 6.37. The van der Waals surface area contributed by atoms with E-state index < -0.39 is 11.6 Å². The second-order valence-corrected chi connectivity index (χ2v) is 6.08. The highest BCUT2D eigenvalue weighted by Gasteiger charge is 2.34. The third kappa shape index (κ3) is 2.93. The fraction of sp³-hybridized carbons (Fsp3) is 0.467. The number of hydrogen-bond donors (Lipinski definition) is 0. The molecule has 0 spiro atoms. The van der Waals surface area contributed by atoms with Crippen molar-refractivity contribution >= 4 is 11.6 Å². The molecule has 3 rings (SSSR count). The number of nitrogens with zero attached hydrogens (tertiary/aromatic N) is 3. The summed E-state index contributed by atoms with van der Waals surface area (Å²) < 4.78 is 29.4. The normalized spacial score (nSPS) is 17.3. The first-order chi connectivity index (χ1) is 9.97. The van der Waals surface area contributed by atoms with Gasteiger partial charge in [0.15, 0.2) is 0 Å². The van der Waals surface area contributed by atoms with E-state index in [1.807, 2.05) is 0 Å². The van der Waals surface area contributed by atoms with E-state index in [9.17, 15) is 8.78 Å². The van der Waals surface area contributed by atoms with Gasteiger partial charge in [-0.1, -0.05) is 24.4 Å². The Kier molecular flexibility index (Phi) is 3.69. The van der Waals surface area contributed by atoms with Crippen LogP contribution in [-0.4, -0.2) is 20.4 Å². The number of pyridine rings is 1. The Morgan fingerprint density at radius 3 is 2.81 bits per heavy atom. The molecule has 21 heavy (non-hydrogen) atoms. The van der Waals surface area contributed by atoms with Gasteiger partial charge in [0.2, 0.25) is 5.95 Å². The molecule has 0 amide bonds. The van der Waals surface area contributed by atoms with Crippen molar-refractivity contribution < 1.29 is 8.78 Å². The first kappa shape index (κ1) is 14.4. The van der Waals surface area contributed by atoms with E-state index >= 15 is 0 Å². The zero-order valence-electron chi connectivity index (χ0n) is 11.7. The zero-order chi connectivity index (χ0) is 15.0. The van der Waals surface area contributed by atoms with Crippen molar-refractivity contribution in [2.75, 3.05) is 0 Å². The predicted octanol–water partition coefficient (Wildman–Crippen LogP) is 4.33. The van der Waals surface area contributed by atoms with Crippen LogP contribution in [0.1, 0.15) is 31.2 Å². The van der Waals surface area contributed by atoms with Gasteiger partial charge in [-0.25, -0.2) is 9.37 Å². The van der Waals surface area contributed by atoms with Crippen LogP contribution >= 0.6 is 11.6 Å². The molecule has 0 aliphatic heterocycles. The Hall–Kier alpha value is -1.49. The SMILES string of the molecule is Cc1cc(-c2cnn(CC3(F)CCCC3)c2)c(Cl)nc1F. The summed E-state index contributed by atoms with van der Waals surface area (Å²) in [5.74, 6) is -0.579. The van der Waals surface area contributed by atoms with Crippen LogP contribution in [0.5, 0.6) is 0 Å². The van der Waals surface area contributed by atoms with E-state index in [0.29, 0.717) is 24.0 Å². The quantitative estimate of drug-likeness (QED) is 0.790. The van der Waals surface area contributed by atoms with Crippen molar-refractivity contribution in [1.29, 1.82) is 0 Å². The summed E-state index contributed by atoms with van der Waals surface area (Å²) in [6, 6.07) is 1.63. The van der Waals surface area contributed by atoms with Crippen LogP contribution in [0.25, 0.3) is 11.1 Å². The van der Waals surface area contributed by atoms with Gasteiger partial charge in [-0.15, -0.1) is 0 Å². The monoisotopic (exact) mass is 311 g/mol. The molecule has 2 heterocycles. The van der Waals surface area contributed by atoms with E-state index in [1.165, 1.54) is 0 Å². The lowest BCUT2D eigenvalue weighted by Crippen LogP contribution is -2.25. The Balaban J connectivity index is 1.86. The number of alkyl halides is 1. The van der Waals surface area contributed by atoms with Crippen LogP contribution < -0.4 is 0 Å². The molecule has 0 saturated heterocycles. The lowest BCUT2D eigenvalue weighted by atomic mass is 10.1. The molecule has 2 aromatic rings. The number of halogens is 3. The van der Waals surface area contributed by atoms with Crippen molar-refractivity contribution in [2.45, 2.75) is 44.8 Å². The van der Waals surface area contributed by atoms with Gasteiger partial charge in [0.05, 0.1) is 12.7 Å². The van der Waals surface area contributed by atoms with Crippen molar-refractivity contribution in [3.8, 4) is 11.1 Å².